The number of hydrogen-bond donors (Lipinski definition) is 1. The van der Waals surface area contributed by atoms with Crippen molar-refractivity contribution < 1.29 is 9.66 Å². The number of hydrogen-bond acceptors (Lipinski definition) is 6. The zero-order chi connectivity index (χ0) is 18.7. The van der Waals surface area contributed by atoms with Crippen LogP contribution in [0.2, 0.25) is 5.02 Å². The van der Waals surface area contributed by atoms with E-state index in [1.54, 1.807) is 36.4 Å². The number of halogens is 1. The van der Waals surface area contributed by atoms with Gasteiger partial charge < -0.3 is 10.1 Å². The second kappa shape index (κ2) is 7.37. The number of nitrogens with zero attached hydrogens (tertiary/aromatic N) is 3. The average molecular weight is 371 g/mol. The van der Waals surface area contributed by atoms with Gasteiger partial charge in [0.15, 0.2) is 0 Å². The highest BCUT2D eigenvalue weighted by atomic mass is 35.5. The Kier molecular flexibility index (Phi) is 4.99. The molecule has 0 aliphatic carbocycles. The van der Waals surface area contributed by atoms with Crippen LogP contribution in [0.15, 0.2) is 48.8 Å². The molecule has 0 saturated heterocycles. The standard InChI is InChI=1S/C18H15ClN4O3/c1-11-7-12(2)9-15(8-11)26-18-16(23(24)25)17(20-10-21-18)22-14-5-3-13(19)4-6-14/h3-10H,1-2H3,(H,20,21,22). The number of ether oxygens (including phenoxy) is 1. The lowest BCUT2D eigenvalue weighted by molar-refractivity contribution is -0.385. The Morgan fingerprint density at radius 3 is 2.35 bits per heavy atom. The summed E-state index contributed by atoms with van der Waals surface area (Å²) in [7, 11) is 0. The first-order valence-corrected chi connectivity index (χ1v) is 8.08. The van der Waals surface area contributed by atoms with Gasteiger partial charge in [0.2, 0.25) is 5.82 Å². The highest BCUT2D eigenvalue weighted by Gasteiger charge is 2.25. The maximum absolute atomic E-state index is 11.6. The fourth-order valence-electron chi connectivity index (χ4n) is 2.47. The number of aryl methyl sites for hydroxylation is 2. The van der Waals surface area contributed by atoms with Gasteiger partial charge in [0.05, 0.1) is 4.92 Å². The first-order chi connectivity index (χ1) is 12.4. The minimum Gasteiger partial charge on any atom is -0.434 e. The van der Waals surface area contributed by atoms with Crippen LogP contribution in [0.5, 0.6) is 11.6 Å². The average Bonchev–Trinajstić information content (AvgIpc) is 2.56. The highest BCUT2D eigenvalue weighted by molar-refractivity contribution is 6.30. The lowest BCUT2D eigenvalue weighted by Gasteiger charge is -2.10. The Bertz CT molecular complexity index is 941. The molecule has 0 spiro atoms. The third-order valence-electron chi connectivity index (χ3n) is 3.49. The Hall–Kier alpha value is -3.19. The summed E-state index contributed by atoms with van der Waals surface area (Å²) in [5, 5.41) is 15.1. The van der Waals surface area contributed by atoms with Gasteiger partial charge in [-0.1, -0.05) is 17.7 Å². The summed E-state index contributed by atoms with van der Waals surface area (Å²) in [6, 6.07) is 12.3. The Morgan fingerprint density at radius 2 is 1.73 bits per heavy atom. The van der Waals surface area contributed by atoms with E-state index in [2.05, 4.69) is 15.3 Å². The van der Waals surface area contributed by atoms with Crippen LogP contribution >= 0.6 is 11.6 Å². The van der Waals surface area contributed by atoms with Crippen LogP contribution < -0.4 is 10.1 Å². The van der Waals surface area contributed by atoms with E-state index < -0.39 is 4.92 Å². The van der Waals surface area contributed by atoms with Gasteiger partial charge in [-0.3, -0.25) is 10.1 Å². The molecule has 0 atom stereocenters. The molecule has 0 fully saturated rings. The molecule has 0 aliphatic rings. The fraction of sp³-hybridized carbons (Fsp3) is 0.111. The molecule has 0 radical (unpaired) electrons. The number of rotatable bonds is 5. The van der Waals surface area contributed by atoms with Gasteiger partial charge in [0.25, 0.3) is 0 Å². The van der Waals surface area contributed by atoms with E-state index in [4.69, 9.17) is 16.3 Å². The first kappa shape index (κ1) is 17.6. The summed E-state index contributed by atoms with van der Waals surface area (Å²) >= 11 is 5.86. The quantitative estimate of drug-likeness (QED) is 0.491. The van der Waals surface area contributed by atoms with Gasteiger partial charge in [0.1, 0.15) is 12.1 Å². The minimum atomic E-state index is -0.573. The van der Waals surface area contributed by atoms with Gasteiger partial charge in [-0.15, -0.1) is 0 Å². The maximum Gasteiger partial charge on any atom is 0.373 e. The smallest absolute Gasteiger partial charge is 0.373 e. The van der Waals surface area contributed by atoms with Crippen LogP contribution in [-0.4, -0.2) is 14.9 Å². The lowest BCUT2D eigenvalue weighted by Crippen LogP contribution is -2.03. The highest BCUT2D eigenvalue weighted by Crippen LogP contribution is 2.35. The number of nitrogens with one attached hydrogen (secondary N) is 1. The molecule has 132 valence electrons. The molecular formula is C18H15ClN4O3. The number of aromatic nitrogens is 2. The molecule has 1 N–H and O–H groups in total. The Morgan fingerprint density at radius 1 is 1.08 bits per heavy atom. The van der Waals surface area contributed by atoms with Crippen LogP contribution in [0.3, 0.4) is 0 Å². The summed E-state index contributed by atoms with van der Waals surface area (Å²) in [4.78, 5) is 18.9. The number of benzene rings is 2. The number of anilines is 2. The normalized spacial score (nSPS) is 10.4. The third-order valence-corrected chi connectivity index (χ3v) is 3.74. The van der Waals surface area contributed by atoms with E-state index in [1.807, 2.05) is 19.9 Å². The summed E-state index contributed by atoms with van der Waals surface area (Å²) in [6.45, 7) is 3.84. The molecule has 0 saturated carbocycles. The van der Waals surface area contributed by atoms with Gasteiger partial charge in [-0.2, -0.15) is 4.98 Å². The molecule has 7 nitrogen and oxygen atoms in total. The van der Waals surface area contributed by atoms with Crippen molar-refractivity contribution in [1.82, 2.24) is 9.97 Å². The molecule has 3 rings (SSSR count). The Labute approximate surface area is 154 Å². The van der Waals surface area contributed by atoms with E-state index in [1.165, 1.54) is 6.33 Å². The zero-order valence-electron chi connectivity index (χ0n) is 14.1. The van der Waals surface area contributed by atoms with Crippen LogP contribution in [-0.2, 0) is 0 Å². The lowest BCUT2D eigenvalue weighted by atomic mass is 10.1. The minimum absolute atomic E-state index is 0.0340. The van der Waals surface area contributed by atoms with E-state index in [0.717, 1.165) is 11.1 Å². The van der Waals surface area contributed by atoms with E-state index in [9.17, 15) is 10.1 Å². The molecule has 1 aromatic heterocycles. The van der Waals surface area contributed by atoms with Gasteiger partial charge in [-0.25, -0.2) is 4.98 Å². The van der Waals surface area contributed by atoms with Crippen LogP contribution in [0, 0.1) is 24.0 Å². The largest absolute Gasteiger partial charge is 0.434 e. The van der Waals surface area contributed by atoms with Crippen molar-refractivity contribution in [3.63, 3.8) is 0 Å². The molecule has 0 unspecified atom stereocenters. The van der Waals surface area contributed by atoms with Gasteiger partial charge in [0, 0.05) is 10.7 Å². The summed E-state index contributed by atoms with van der Waals surface area (Å²) < 4.78 is 5.68. The molecule has 0 amide bonds. The Balaban J connectivity index is 1.98. The van der Waals surface area contributed by atoms with Crippen molar-refractivity contribution in [2.75, 3.05) is 5.32 Å². The van der Waals surface area contributed by atoms with Crippen LogP contribution in [0.25, 0.3) is 0 Å². The van der Waals surface area contributed by atoms with Crippen molar-refractivity contribution in [3.05, 3.63) is 75.1 Å². The third kappa shape index (κ3) is 4.07. The molecule has 0 bridgehead atoms. The molecule has 3 aromatic rings. The summed E-state index contributed by atoms with van der Waals surface area (Å²) in [5.74, 6) is 0.375. The second-order valence-corrected chi connectivity index (χ2v) is 6.13. The van der Waals surface area contributed by atoms with Crippen molar-refractivity contribution >= 4 is 28.8 Å². The SMILES string of the molecule is Cc1cc(C)cc(Oc2ncnc(Nc3ccc(Cl)cc3)c2[N+](=O)[O-])c1. The second-order valence-electron chi connectivity index (χ2n) is 5.69. The van der Waals surface area contributed by atoms with Crippen molar-refractivity contribution in [3.8, 4) is 11.6 Å². The van der Waals surface area contributed by atoms with Gasteiger partial charge in [-0.05, 0) is 61.4 Å². The van der Waals surface area contributed by atoms with Crippen LogP contribution in [0.4, 0.5) is 17.2 Å². The molecule has 26 heavy (non-hydrogen) atoms. The van der Waals surface area contributed by atoms with E-state index >= 15 is 0 Å². The molecule has 8 heteroatoms. The zero-order valence-corrected chi connectivity index (χ0v) is 14.8. The molecule has 1 heterocycles. The van der Waals surface area contributed by atoms with Gasteiger partial charge >= 0.3 is 11.6 Å². The van der Waals surface area contributed by atoms with E-state index in [-0.39, 0.29) is 17.4 Å². The topological polar surface area (TPSA) is 90.2 Å². The predicted molar refractivity (Wildman–Crippen MR) is 99.4 cm³/mol. The predicted octanol–water partition coefficient (Wildman–Crippen LogP) is 5.19. The molecule has 0 aliphatic heterocycles. The monoisotopic (exact) mass is 370 g/mol. The summed E-state index contributed by atoms with van der Waals surface area (Å²) in [5.41, 5.74) is 2.22. The molecular weight excluding hydrogens is 356 g/mol. The maximum atomic E-state index is 11.6. The summed E-state index contributed by atoms with van der Waals surface area (Å²) in [6.07, 6.45) is 1.21. The van der Waals surface area contributed by atoms with E-state index in [0.29, 0.717) is 16.5 Å². The van der Waals surface area contributed by atoms with Crippen LogP contribution in [0.1, 0.15) is 11.1 Å². The van der Waals surface area contributed by atoms with Crippen molar-refractivity contribution in [1.29, 1.82) is 0 Å². The van der Waals surface area contributed by atoms with Crippen molar-refractivity contribution in [2.24, 2.45) is 0 Å². The first-order valence-electron chi connectivity index (χ1n) is 7.70. The fourth-order valence-corrected chi connectivity index (χ4v) is 2.59. The number of nitro groups is 1. The molecule has 2 aromatic carbocycles. The van der Waals surface area contributed by atoms with Crippen molar-refractivity contribution in [2.45, 2.75) is 13.8 Å².